The molecule has 0 bridgehead atoms. The van der Waals surface area contributed by atoms with E-state index in [4.69, 9.17) is 11.6 Å². The maximum absolute atomic E-state index is 12.2. The van der Waals surface area contributed by atoms with Crippen LogP contribution in [-0.2, 0) is 21.4 Å². The first-order valence-electron chi connectivity index (χ1n) is 8.48. The molecule has 0 aliphatic rings. The van der Waals surface area contributed by atoms with E-state index in [0.717, 1.165) is 5.56 Å². The summed E-state index contributed by atoms with van der Waals surface area (Å²) in [7, 11) is 1.29. The maximum atomic E-state index is 12.2. The number of methoxy groups -OCH3 is 1. The molecule has 2 aromatic rings. The molecule has 0 atom stereocenters. The average Bonchev–Trinajstić information content (AvgIpc) is 2.60. The van der Waals surface area contributed by atoms with E-state index in [1.54, 1.807) is 12.1 Å². The zero-order valence-corrected chi connectivity index (χ0v) is 16.3. The van der Waals surface area contributed by atoms with Gasteiger partial charge in [0, 0.05) is 12.1 Å². The first-order valence-corrected chi connectivity index (χ1v) is 8.85. The second kappa shape index (κ2) is 8.37. The first-order chi connectivity index (χ1) is 12.2. The third-order valence-corrected chi connectivity index (χ3v) is 4.45. The molecular formula is C21H24ClNO3. The molecule has 138 valence electrons. The Labute approximate surface area is 159 Å². The van der Waals surface area contributed by atoms with Gasteiger partial charge < -0.3 is 10.1 Å². The molecule has 1 amide bonds. The minimum Gasteiger partial charge on any atom is -0.465 e. The number of anilines is 1. The number of ether oxygens (including phenoxy) is 1. The van der Waals surface area contributed by atoms with E-state index in [1.165, 1.54) is 18.7 Å². The van der Waals surface area contributed by atoms with E-state index < -0.39 is 5.97 Å². The lowest BCUT2D eigenvalue weighted by atomic mass is 9.86. The predicted molar refractivity (Wildman–Crippen MR) is 105 cm³/mol. The summed E-state index contributed by atoms with van der Waals surface area (Å²) in [6, 6.07) is 13.1. The summed E-state index contributed by atoms with van der Waals surface area (Å²) in [5.41, 5.74) is 3.23. The SMILES string of the molecule is COC(=O)c1cc(NC(=O)CCc2ccc(C(C)(C)C)cc2)ccc1Cl. The molecule has 4 nitrogen and oxygen atoms in total. The highest BCUT2D eigenvalue weighted by Gasteiger charge is 2.14. The number of hydrogen-bond acceptors (Lipinski definition) is 3. The molecule has 2 rings (SSSR count). The van der Waals surface area contributed by atoms with Crippen LogP contribution >= 0.6 is 11.6 Å². The molecular weight excluding hydrogens is 350 g/mol. The highest BCUT2D eigenvalue weighted by molar-refractivity contribution is 6.33. The Hall–Kier alpha value is -2.33. The van der Waals surface area contributed by atoms with E-state index in [0.29, 0.717) is 18.5 Å². The van der Waals surface area contributed by atoms with Gasteiger partial charge in [0.15, 0.2) is 0 Å². The lowest BCUT2D eigenvalue weighted by Gasteiger charge is -2.19. The topological polar surface area (TPSA) is 55.4 Å². The van der Waals surface area contributed by atoms with Crippen molar-refractivity contribution >= 4 is 29.2 Å². The Morgan fingerprint density at radius 2 is 1.73 bits per heavy atom. The maximum Gasteiger partial charge on any atom is 0.339 e. The summed E-state index contributed by atoms with van der Waals surface area (Å²) in [6.07, 6.45) is 0.999. The Kier molecular flexibility index (Phi) is 6.43. The summed E-state index contributed by atoms with van der Waals surface area (Å²) >= 11 is 5.98. The van der Waals surface area contributed by atoms with Crippen molar-refractivity contribution in [1.82, 2.24) is 0 Å². The van der Waals surface area contributed by atoms with Crippen LogP contribution in [0.25, 0.3) is 0 Å². The molecule has 0 aliphatic heterocycles. The van der Waals surface area contributed by atoms with Gasteiger partial charge in [0.2, 0.25) is 5.91 Å². The van der Waals surface area contributed by atoms with Crippen LogP contribution in [0.1, 0.15) is 48.7 Å². The molecule has 0 aromatic heterocycles. The molecule has 26 heavy (non-hydrogen) atoms. The Balaban J connectivity index is 1.96. The van der Waals surface area contributed by atoms with Gasteiger partial charge in [-0.05, 0) is 41.2 Å². The second-order valence-electron chi connectivity index (χ2n) is 7.18. The van der Waals surface area contributed by atoms with Crippen LogP contribution in [-0.4, -0.2) is 19.0 Å². The number of halogens is 1. The number of carbonyl (C=O) groups excluding carboxylic acids is 2. The van der Waals surface area contributed by atoms with Crippen LogP contribution in [0.4, 0.5) is 5.69 Å². The van der Waals surface area contributed by atoms with Crippen molar-refractivity contribution in [3.05, 3.63) is 64.2 Å². The predicted octanol–water partition coefficient (Wildman–Crippen LogP) is 5.00. The third kappa shape index (κ3) is 5.33. The fraction of sp³-hybridized carbons (Fsp3) is 0.333. The van der Waals surface area contributed by atoms with Crippen LogP contribution in [0, 0.1) is 0 Å². The molecule has 0 saturated heterocycles. The van der Waals surface area contributed by atoms with Crippen molar-refractivity contribution in [2.75, 3.05) is 12.4 Å². The molecule has 1 N–H and O–H groups in total. The molecule has 0 saturated carbocycles. The molecule has 0 spiro atoms. The lowest BCUT2D eigenvalue weighted by molar-refractivity contribution is -0.116. The van der Waals surface area contributed by atoms with Gasteiger partial charge in [0.1, 0.15) is 0 Å². The summed E-state index contributed by atoms with van der Waals surface area (Å²) in [5, 5.41) is 3.07. The number of carbonyl (C=O) groups is 2. The van der Waals surface area contributed by atoms with Crippen LogP contribution in [0.3, 0.4) is 0 Å². The molecule has 0 radical (unpaired) electrons. The largest absolute Gasteiger partial charge is 0.465 e. The number of aryl methyl sites for hydroxylation is 1. The number of hydrogen-bond donors (Lipinski definition) is 1. The number of benzene rings is 2. The average molecular weight is 374 g/mol. The second-order valence-corrected chi connectivity index (χ2v) is 7.59. The standard InChI is InChI=1S/C21H24ClNO3/c1-21(2,3)15-8-5-14(6-9-15)7-12-19(24)23-16-10-11-18(22)17(13-16)20(25)26-4/h5-6,8-11,13H,7,12H2,1-4H3,(H,23,24). The van der Waals surface area contributed by atoms with Gasteiger partial charge in [-0.3, -0.25) is 4.79 Å². The van der Waals surface area contributed by atoms with Gasteiger partial charge in [-0.2, -0.15) is 0 Å². The fourth-order valence-corrected chi connectivity index (χ4v) is 2.72. The van der Waals surface area contributed by atoms with Crippen LogP contribution in [0.15, 0.2) is 42.5 Å². The number of esters is 1. The fourth-order valence-electron chi connectivity index (χ4n) is 2.52. The monoisotopic (exact) mass is 373 g/mol. The minimum atomic E-state index is -0.537. The summed E-state index contributed by atoms with van der Waals surface area (Å²) in [6.45, 7) is 6.51. The Bertz CT molecular complexity index is 792. The first kappa shape index (κ1) is 20.0. The van der Waals surface area contributed by atoms with Gasteiger partial charge in [0.25, 0.3) is 0 Å². The van der Waals surface area contributed by atoms with Crippen molar-refractivity contribution in [3.8, 4) is 0 Å². The molecule has 2 aromatic carbocycles. The van der Waals surface area contributed by atoms with E-state index >= 15 is 0 Å². The van der Waals surface area contributed by atoms with Gasteiger partial charge in [-0.25, -0.2) is 4.79 Å². The Morgan fingerprint density at radius 1 is 1.08 bits per heavy atom. The number of rotatable bonds is 5. The number of nitrogens with one attached hydrogen (secondary N) is 1. The van der Waals surface area contributed by atoms with Gasteiger partial charge in [-0.1, -0.05) is 56.6 Å². The van der Waals surface area contributed by atoms with Crippen LogP contribution < -0.4 is 5.32 Å². The van der Waals surface area contributed by atoms with E-state index in [2.05, 4.69) is 55.1 Å². The van der Waals surface area contributed by atoms with Gasteiger partial charge >= 0.3 is 5.97 Å². The number of amides is 1. The van der Waals surface area contributed by atoms with Crippen molar-refractivity contribution in [3.63, 3.8) is 0 Å². The smallest absolute Gasteiger partial charge is 0.339 e. The summed E-state index contributed by atoms with van der Waals surface area (Å²) in [4.78, 5) is 23.8. The van der Waals surface area contributed by atoms with Crippen molar-refractivity contribution in [2.45, 2.75) is 39.0 Å². The van der Waals surface area contributed by atoms with Crippen molar-refractivity contribution < 1.29 is 14.3 Å². The van der Waals surface area contributed by atoms with Gasteiger partial charge in [0.05, 0.1) is 17.7 Å². The highest BCUT2D eigenvalue weighted by atomic mass is 35.5. The summed E-state index contributed by atoms with van der Waals surface area (Å²) < 4.78 is 4.68. The normalized spacial score (nSPS) is 11.1. The van der Waals surface area contributed by atoms with Crippen LogP contribution in [0.2, 0.25) is 5.02 Å². The molecule has 0 heterocycles. The van der Waals surface area contributed by atoms with E-state index in [-0.39, 0.29) is 21.9 Å². The quantitative estimate of drug-likeness (QED) is 0.750. The highest BCUT2D eigenvalue weighted by Crippen LogP contribution is 2.23. The van der Waals surface area contributed by atoms with Crippen molar-refractivity contribution in [2.24, 2.45) is 0 Å². The van der Waals surface area contributed by atoms with E-state index in [9.17, 15) is 9.59 Å². The molecule has 0 aliphatic carbocycles. The summed E-state index contributed by atoms with van der Waals surface area (Å²) in [5.74, 6) is -0.659. The minimum absolute atomic E-state index is 0.113. The molecule has 0 unspecified atom stereocenters. The zero-order chi connectivity index (χ0) is 19.3. The van der Waals surface area contributed by atoms with Gasteiger partial charge in [-0.15, -0.1) is 0 Å². The molecule has 0 fully saturated rings. The van der Waals surface area contributed by atoms with Crippen molar-refractivity contribution in [1.29, 1.82) is 0 Å². The third-order valence-electron chi connectivity index (χ3n) is 4.12. The zero-order valence-electron chi connectivity index (χ0n) is 15.6. The lowest BCUT2D eigenvalue weighted by Crippen LogP contribution is -2.13. The Morgan fingerprint density at radius 3 is 2.31 bits per heavy atom. The molecule has 5 heteroatoms. The van der Waals surface area contributed by atoms with E-state index in [1.807, 2.05) is 0 Å². The van der Waals surface area contributed by atoms with Crippen LogP contribution in [0.5, 0.6) is 0 Å².